The number of rotatable bonds is 4. The van der Waals surface area contributed by atoms with Crippen LogP contribution >= 0.6 is 0 Å². The van der Waals surface area contributed by atoms with E-state index in [9.17, 15) is 9.59 Å². The highest BCUT2D eigenvalue weighted by Crippen LogP contribution is 2.11. The van der Waals surface area contributed by atoms with Gasteiger partial charge in [0.2, 0.25) is 5.96 Å². The number of hydroxylamine groups is 1. The second-order valence-electron chi connectivity index (χ2n) is 4.93. The van der Waals surface area contributed by atoms with E-state index >= 15 is 0 Å². The van der Waals surface area contributed by atoms with Crippen molar-refractivity contribution in [3.8, 4) is 0 Å². The van der Waals surface area contributed by atoms with Crippen LogP contribution in [0.25, 0.3) is 0 Å². The minimum Gasteiger partial charge on any atom is -0.481 e. The van der Waals surface area contributed by atoms with E-state index in [0.29, 0.717) is 13.1 Å². The molecule has 0 atom stereocenters. The highest BCUT2D eigenvalue weighted by atomic mass is 16.6. The third-order valence-corrected chi connectivity index (χ3v) is 2.04. The molecular formula is C11H19N3O5. The van der Waals surface area contributed by atoms with E-state index < -0.39 is 17.7 Å². The summed E-state index contributed by atoms with van der Waals surface area (Å²) in [7, 11) is 0. The fourth-order valence-electron chi connectivity index (χ4n) is 1.28. The first-order valence-electron chi connectivity index (χ1n) is 5.94. The van der Waals surface area contributed by atoms with Gasteiger partial charge in [-0.15, -0.1) is 0 Å². The minimum absolute atomic E-state index is 0.0173. The van der Waals surface area contributed by atoms with Crippen LogP contribution < -0.4 is 5.48 Å². The summed E-state index contributed by atoms with van der Waals surface area (Å²) in [5.41, 5.74) is 1.88. The molecule has 8 nitrogen and oxygen atoms in total. The highest BCUT2D eigenvalue weighted by molar-refractivity contribution is 5.94. The molecule has 0 spiro atoms. The van der Waals surface area contributed by atoms with E-state index in [1.807, 2.05) is 0 Å². The third-order valence-electron chi connectivity index (χ3n) is 2.04. The van der Waals surface area contributed by atoms with Gasteiger partial charge < -0.3 is 9.84 Å². The zero-order chi connectivity index (χ0) is 14.5. The normalized spacial score (nSPS) is 15.1. The van der Waals surface area contributed by atoms with Crippen LogP contribution in [0.1, 0.15) is 27.2 Å². The number of carboxylic acid groups (broad SMARTS) is 1. The molecule has 0 saturated heterocycles. The molecule has 0 bridgehead atoms. The number of hydrogen-bond donors (Lipinski definition) is 2. The monoisotopic (exact) mass is 273 g/mol. The largest absolute Gasteiger partial charge is 0.481 e. The van der Waals surface area contributed by atoms with Gasteiger partial charge in [0, 0.05) is 0 Å². The molecule has 108 valence electrons. The van der Waals surface area contributed by atoms with Crippen LogP contribution in [0.5, 0.6) is 0 Å². The molecule has 1 aliphatic heterocycles. The van der Waals surface area contributed by atoms with Crippen LogP contribution in [-0.2, 0) is 14.4 Å². The predicted octanol–water partition coefficient (Wildman–Crippen LogP) is 0.589. The molecule has 2 N–H and O–H groups in total. The van der Waals surface area contributed by atoms with Gasteiger partial charge in [0.15, 0.2) is 0 Å². The topological polar surface area (TPSA) is 100 Å². The average molecular weight is 273 g/mol. The SMILES string of the molecule is CC(C)(C)OC(=O)N1CCN=C1NOCCC(=O)O. The molecule has 8 heteroatoms. The lowest BCUT2D eigenvalue weighted by atomic mass is 10.2. The number of ether oxygens (including phenoxy) is 1. The van der Waals surface area contributed by atoms with Crippen LogP contribution in [0.3, 0.4) is 0 Å². The molecule has 0 fully saturated rings. The molecule has 0 unspecified atom stereocenters. The Morgan fingerprint density at radius 1 is 1.47 bits per heavy atom. The van der Waals surface area contributed by atoms with Gasteiger partial charge in [-0.05, 0) is 20.8 Å². The van der Waals surface area contributed by atoms with Gasteiger partial charge in [-0.2, -0.15) is 0 Å². The number of guanidine groups is 1. The first kappa shape index (κ1) is 15.2. The molecule has 1 rings (SSSR count). The van der Waals surface area contributed by atoms with Crippen molar-refractivity contribution in [1.82, 2.24) is 10.4 Å². The Labute approximate surface area is 111 Å². The standard InChI is InChI=1S/C11H19N3O5/c1-11(2,3)19-10(17)14-6-5-12-9(14)13-18-7-4-8(15)16/h4-7H2,1-3H3,(H,12,13)(H,15,16). The summed E-state index contributed by atoms with van der Waals surface area (Å²) < 4.78 is 5.21. The Hall–Kier alpha value is -1.83. The van der Waals surface area contributed by atoms with Crippen LogP contribution in [0.2, 0.25) is 0 Å². The van der Waals surface area contributed by atoms with E-state index in [1.54, 1.807) is 20.8 Å². The van der Waals surface area contributed by atoms with Gasteiger partial charge >= 0.3 is 12.1 Å². The van der Waals surface area contributed by atoms with Crippen molar-refractivity contribution in [2.24, 2.45) is 4.99 Å². The van der Waals surface area contributed by atoms with Crippen molar-refractivity contribution in [2.75, 3.05) is 19.7 Å². The fourth-order valence-corrected chi connectivity index (χ4v) is 1.28. The Morgan fingerprint density at radius 2 is 2.16 bits per heavy atom. The van der Waals surface area contributed by atoms with Crippen LogP contribution in [0.4, 0.5) is 4.79 Å². The second kappa shape index (κ2) is 6.37. The highest BCUT2D eigenvalue weighted by Gasteiger charge is 2.28. The summed E-state index contributed by atoms with van der Waals surface area (Å²) in [4.78, 5) is 32.4. The van der Waals surface area contributed by atoms with Crippen molar-refractivity contribution in [3.05, 3.63) is 0 Å². The molecule has 1 aliphatic rings. The predicted molar refractivity (Wildman–Crippen MR) is 66.6 cm³/mol. The summed E-state index contributed by atoms with van der Waals surface area (Å²) in [6, 6.07) is 0. The number of nitrogens with one attached hydrogen (secondary N) is 1. The number of hydrogen-bond acceptors (Lipinski definition) is 6. The number of aliphatic imine (C=N–C) groups is 1. The number of carbonyl (C=O) groups excluding carboxylic acids is 1. The number of amides is 1. The van der Waals surface area contributed by atoms with Gasteiger partial charge in [0.1, 0.15) is 5.60 Å². The first-order valence-corrected chi connectivity index (χ1v) is 5.94. The number of carbonyl (C=O) groups is 2. The van der Waals surface area contributed by atoms with E-state index in [4.69, 9.17) is 14.7 Å². The summed E-state index contributed by atoms with van der Waals surface area (Å²) >= 11 is 0. The Kier molecular flexibility index (Phi) is 5.11. The average Bonchev–Trinajstić information content (AvgIpc) is 2.69. The summed E-state index contributed by atoms with van der Waals surface area (Å²) in [5.74, 6) is -0.723. The van der Waals surface area contributed by atoms with E-state index in [0.717, 1.165) is 0 Å². The molecule has 0 aromatic heterocycles. The molecule has 1 heterocycles. The molecular weight excluding hydrogens is 254 g/mol. The maximum absolute atomic E-state index is 11.8. The number of aliphatic carboxylic acids is 1. The summed E-state index contributed by atoms with van der Waals surface area (Å²) in [5, 5.41) is 8.45. The number of carboxylic acids is 1. The molecule has 0 aromatic rings. The quantitative estimate of drug-likeness (QED) is 0.574. The molecule has 0 aromatic carbocycles. The van der Waals surface area contributed by atoms with Crippen molar-refractivity contribution < 1.29 is 24.3 Å². The molecule has 0 radical (unpaired) electrons. The lowest BCUT2D eigenvalue weighted by molar-refractivity contribution is -0.138. The number of nitrogens with zero attached hydrogens (tertiary/aromatic N) is 2. The van der Waals surface area contributed by atoms with Crippen molar-refractivity contribution in [3.63, 3.8) is 0 Å². The Morgan fingerprint density at radius 3 is 2.74 bits per heavy atom. The maximum atomic E-state index is 11.8. The van der Waals surface area contributed by atoms with Gasteiger partial charge in [-0.1, -0.05) is 0 Å². The maximum Gasteiger partial charge on any atom is 0.417 e. The van der Waals surface area contributed by atoms with E-state index in [1.165, 1.54) is 4.90 Å². The summed E-state index contributed by atoms with van der Waals surface area (Å²) in [6.07, 6.45) is -0.648. The molecule has 1 amide bonds. The summed E-state index contributed by atoms with van der Waals surface area (Å²) in [6.45, 7) is 6.15. The van der Waals surface area contributed by atoms with Crippen LogP contribution in [0.15, 0.2) is 4.99 Å². The van der Waals surface area contributed by atoms with Gasteiger partial charge in [0.05, 0.1) is 26.1 Å². The van der Waals surface area contributed by atoms with Crippen molar-refractivity contribution in [1.29, 1.82) is 0 Å². The lowest BCUT2D eigenvalue weighted by Crippen LogP contribution is -2.44. The minimum atomic E-state index is -0.959. The second-order valence-corrected chi connectivity index (χ2v) is 4.93. The van der Waals surface area contributed by atoms with Crippen molar-refractivity contribution >= 4 is 18.0 Å². The van der Waals surface area contributed by atoms with Gasteiger partial charge in [0.25, 0.3) is 0 Å². The smallest absolute Gasteiger partial charge is 0.417 e. The molecule has 0 aliphatic carbocycles. The van der Waals surface area contributed by atoms with Crippen molar-refractivity contribution in [2.45, 2.75) is 32.8 Å². The van der Waals surface area contributed by atoms with E-state index in [2.05, 4.69) is 10.5 Å². The lowest BCUT2D eigenvalue weighted by Gasteiger charge is -2.25. The fraction of sp³-hybridized carbons (Fsp3) is 0.727. The van der Waals surface area contributed by atoms with Crippen LogP contribution in [0, 0.1) is 0 Å². The first-order chi connectivity index (χ1) is 8.79. The van der Waals surface area contributed by atoms with Gasteiger partial charge in [-0.25, -0.2) is 20.2 Å². The third kappa shape index (κ3) is 5.56. The molecule has 0 saturated carbocycles. The zero-order valence-electron chi connectivity index (χ0n) is 11.3. The Balaban J connectivity index is 2.41. The molecule has 19 heavy (non-hydrogen) atoms. The van der Waals surface area contributed by atoms with Gasteiger partial charge in [-0.3, -0.25) is 9.63 Å². The Bertz CT molecular complexity index is 375. The zero-order valence-corrected chi connectivity index (χ0v) is 11.3. The van der Waals surface area contributed by atoms with Crippen LogP contribution in [-0.4, -0.2) is 53.3 Å². The van der Waals surface area contributed by atoms with E-state index in [-0.39, 0.29) is 19.0 Å².